The van der Waals surface area contributed by atoms with E-state index in [1.807, 2.05) is 20.8 Å². The summed E-state index contributed by atoms with van der Waals surface area (Å²) in [6.07, 6.45) is 7.92. The van der Waals surface area contributed by atoms with Gasteiger partial charge in [0.05, 0.1) is 8.80 Å². The largest absolute Gasteiger partial charge is 1.00 e. The summed E-state index contributed by atoms with van der Waals surface area (Å²) >= 11 is 0. The number of hydrogen-bond donors (Lipinski definition) is 0. The summed E-state index contributed by atoms with van der Waals surface area (Å²) in [6, 6.07) is 0. The van der Waals surface area contributed by atoms with Gasteiger partial charge >= 0.3 is 0 Å². The van der Waals surface area contributed by atoms with Crippen molar-refractivity contribution in [3.8, 4) is 0 Å². The first-order valence-electron chi connectivity index (χ1n) is 4.91. The summed E-state index contributed by atoms with van der Waals surface area (Å²) in [5.74, 6) is 0. The Bertz CT molecular complexity index is 205. The van der Waals surface area contributed by atoms with Gasteiger partial charge < -0.3 is 30.5 Å². The van der Waals surface area contributed by atoms with E-state index in [2.05, 4.69) is 31.3 Å². The van der Waals surface area contributed by atoms with E-state index in [1.165, 1.54) is 6.42 Å². The first-order valence-corrected chi connectivity index (χ1v) is 7.80. The van der Waals surface area contributed by atoms with Gasteiger partial charge in [-0.15, -0.1) is 5.54 Å². The second kappa shape index (κ2) is 12.3. The van der Waals surface area contributed by atoms with Crippen molar-refractivity contribution < 1.29 is 43.4 Å². The SMILES string of the molecule is CC(C)(C)[NH-].C[SiH](C)C1=CC=CC1.[Cl-].[Cl-].[V]. The van der Waals surface area contributed by atoms with Gasteiger partial charge in [-0.05, 0) is 6.42 Å². The van der Waals surface area contributed by atoms with Crippen molar-refractivity contribution in [2.45, 2.75) is 45.8 Å². The molecule has 0 saturated heterocycles. The molecule has 0 amide bonds. The predicted octanol–water partition coefficient (Wildman–Crippen LogP) is -2.26. The third kappa shape index (κ3) is 20.3. The average Bonchev–Trinajstić information content (AvgIpc) is 2.31. The Morgan fingerprint density at radius 2 is 1.56 bits per heavy atom. The molecule has 1 N–H and O–H groups in total. The molecule has 16 heavy (non-hydrogen) atoms. The van der Waals surface area contributed by atoms with E-state index in [-0.39, 0.29) is 48.9 Å². The standard InChI is InChI=1S/C7H12Si.C4H10N.2ClH.V/c1-8(2)7-5-3-4-6-7;1-4(2,3)5;;;/h3-5,8H,6H2,1-2H3;5H,1-3H3;2*1H;/q;-1;;;/p-2. The molecule has 1 aliphatic carbocycles. The fourth-order valence-corrected chi connectivity index (χ4v) is 2.00. The zero-order chi connectivity index (χ0) is 10.5. The Kier molecular flexibility index (Phi) is 19.7. The molecule has 97 valence electrons. The summed E-state index contributed by atoms with van der Waals surface area (Å²) < 4.78 is 0. The van der Waals surface area contributed by atoms with Crippen LogP contribution in [0.2, 0.25) is 13.1 Å². The summed E-state index contributed by atoms with van der Waals surface area (Å²) in [6.45, 7) is 10.3. The van der Waals surface area contributed by atoms with Crippen LogP contribution in [-0.2, 0) is 18.6 Å². The number of nitrogens with one attached hydrogen (secondary N) is 1. The van der Waals surface area contributed by atoms with Gasteiger partial charge in [-0.2, -0.15) is 0 Å². The van der Waals surface area contributed by atoms with E-state index in [1.54, 1.807) is 5.20 Å². The fraction of sp³-hybridized carbons (Fsp3) is 0.636. The summed E-state index contributed by atoms with van der Waals surface area (Å²) in [5, 5.41) is 1.70. The van der Waals surface area contributed by atoms with Crippen LogP contribution < -0.4 is 24.8 Å². The van der Waals surface area contributed by atoms with Gasteiger partial charge in [0.15, 0.2) is 0 Å². The third-order valence-electron chi connectivity index (χ3n) is 1.54. The molecule has 0 aromatic heterocycles. The van der Waals surface area contributed by atoms with Gasteiger partial charge in [0.2, 0.25) is 0 Å². The van der Waals surface area contributed by atoms with E-state index >= 15 is 0 Å². The van der Waals surface area contributed by atoms with Gasteiger partial charge in [0.25, 0.3) is 0 Å². The molecule has 0 spiro atoms. The van der Waals surface area contributed by atoms with Gasteiger partial charge in [0.1, 0.15) is 0 Å². The maximum atomic E-state index is 6.94. The Morgan fingerprint density at radius 1 is 1.19 bits per heavy atom. The number of allylic oxidation sites excluding steroid dienone is 4. The van der Waals surface area contributed by atoms with E-state index in [0.29, 0.717) is 0 Å². The number of rotatable bonds is 1. The molecular formula is C11H22Cl2NSiV-3. The van der Waals surface area contributed by atoms with Crippen molar-refractivity contribution in [1.29, 1.82) is 0 Å². The molecule has 0 aromatic rings. The van der Waals surface area contributed by atoms with Gasteiger partial charge in [-0.1, -0.05) is 57.3 Å². The molecule has 0 unspecified atom stereocenters. The first kappa shape index (κ1) is 25.6. The van der Waals surface area contributed by atoms with E-state index < -0.39 is 8.80 Å². The molecule has 0 bridgehead atoms. The molecule has 1 radical (unpaired) electrons. The molecule has 0 heterocycles. The molecule has 0 fully saturated rings. The molecule has 0 aromatic carbocycles. The van der Waals surface area contributed by atoms with Crippen LogP contribution in [0.15, 0.2) is 23.4 Å². The smallest absolute Gasteiger partial charge is 0.0599 e. The van der Waals surface area contributed by atoms with Crippen LogP contribution in [0, 0.1) is 0 Å². The van der Waals surface area contributed by atoms with Crippen molar-refractivity contribution in [2.24, 2.45) is 0 Å². The van der Waals surface area contributed by atoms with E-state index in [9.17, 15) is 0 Å². The maximum absolute atomic E-state index is 6.94. The molecule has 0 aliphatic heterocycles. The summed E-state index contributed by atoms with van der Waals surface area (Å²) in [7, 11) is -0.424. The molecule has 1 aliphatic rings. The number of halogens is 2. The second-order valence-corrected chi connectivity index (χ2v) is 7.83. The normalized spacial score (nSPS) is 12.6. The van der Waals surface area contributed by atoms with E-state index in [4.69, 9.17) is 5.73 Å². The Balaban J connectivity index is -0.0000000818. The molecule has 1 nitrogen and oxygen atoms in total. The minimum absolute atomic E-state index is 0. The van der Waals surface area contributed by atoms with Gasteiger partial charge in [-0.25, -0.2) is 0 Å². The van der Waals surface area contributed by atoms with Crippen LogP contribution in [0.25, 0.3) is 5.73 Å². The van der Waals surface area contributed by atoms with Crippen LogP contribution in [0.3, 0.4) is 0 Å². The topological polar surface area (TPSA) is 23.8 Å². The molecule has 0 saturated carbocycles. The second-order valence-electron chi connectivity index (χ2n) is 4.78. The third-order valence-corrected chi connectivity index (χ3v) is 3.45. The predicted molar refractivity (Wildman–Crippen MR) is 64.8 cm³/mol. The van der Waals surface area contributed by atoms with Crippen molar-refractivity contribution in [3.63, 3.8) is 0 Å². The minimum atomic E-state index is -0.424. The van der Waals surface area contributed by atoms with Crippen LogP contribution in [0.1, 0.15) is 27.2 Å². The van der Waals surface area contributed by atoms with Crippen molar-refractivity contribution in [3.05, 3.63) is 29.2 Å². The van der Waals surface area contributed by atoms with Crippen LogP contribution >= 0.6 is 0 Å². The van der Waals surface area contributed by atoms with Crippen LogP contribution in [0.5, 0.6) is 0 Å². The quantitative estimate of drug-likeness (QED) is 0.488. The molecule has 5 heteroatoms. The Hall–Kier alpha value is 0.821. The van der Waals surface area contributed by atoms with Crippen LogP contribution in [-0.4, -0.2) is 14.3 Å². The monoisotopic (exact) mass is 317 g/mol. The Labute approximate surface area is 127 Å². The summed E-state index contributed by atoms with van der Waals surface area (Å²) in [5.41, 5.74) is 6.69. The fourth-order valence-electron chi connectivity index (χ4n) is 0.892. The molecule has 0 atom stereocenters. The zero-order valence-electron chi connectivity index (χ0n) is 10.7. The van der Waals surface area contributed by atoms with Crippen molar-refractivity contribution >= 4 is 8.80 Å². The molecular weight excluding hydrogens is 296 g/mol. The van der Waals surface area contributed by atoms with Gasteiger partial charge in [0, 0.05) is 18.6 Å². The van der Waals surface area contributed by atoms with Crippen molar-refractivity contribution in [1.82, 2.24) is 0 Å². The Morgan fingerprint density at radius 3 is 1.69 bits per heavy atom. The first-order chi connectivity index (χ1) is 5.80. The van der Waals surface area contributed by atoms with Gasteiger partial charge in [-0.3, -0.25) is 0 Å². The van der Waals surface area contributed by atoms with E-state index in [0.717, 1.165) is 0 Å². The molecule has 1 rings (SSSR count). The average molecular weight is 318 g/mol. The zero-order valence-corrected chi connectivity index (χ0v) is 14.8. The minimum Gasteiger partial charge on any atom is -1.00 e. The maximum Gasteiger partial charge on any atom is 0.0599 e. The van der Waals surface area contributed by atoms with Crippen LogP contribution in [0.4, 0.5) is 0 Å². The number of hydrogen-bond acceptors (Lipinski definition) is 0. The summed E-state index contributed by atoms with van der Waals surface area (Å²) in [4.78, 5) is 0. The van der Waals surface area contributed by atoms with Crippen molar-refractivity contribution in [2.75, 3.05) is 0 Å².